The van der Waals surface area contributed by atoms with Crippen LogP contribution in [0.4, 0.5) is 8.78 Å². The minimum absolute atomic E-state index is 0.129. The van der Waals surface area contributed by atoms with E-state index >= 15 is 0 Å². The molecule has 102 valence electrons. The van der Waals surface area contributed by atoms with Gasteiger partial charge in [0.25, 0.3) is 0 Å². The Labute approximate surface area is 111 Å². The van der Waals surface area contributed by atoms with Crippen LogP contribution in [-0.4, -0.2) is 17.9 Å². The van der Waals surface area contributed by atoms with Gasteiger partial charge in [0, 0.05) is 6.04 Å². The SMILES string of the molecule is O=C(c1cccc(F)c1F)C1CC2CCCCC2N1. The number of carbonyl (C=O) groups is 1. The van der Waals surface area contributed by atoms with E-state index in [1.165, 1.54) is 25.0 Å². The number of hydrogen-bond donors (Lipinski definition) is 1. The molecule has 0 amide bonds. The van der Waals surface area contributed by atoms with Gasteiger partial charge >= 0.3 is 0 Å². The molecule has 0 aromatic heterocycles. The number of hydrogen-bond acceptors (Lipinski definition) is 2. The van der Waals surface area contributed by atoms with Crippen molar-refractivity contribution in [1.82, 2.24) is 5.32 Å². The molecule has 4 heteroatoms. The third-order valence-electron chi connectivity index (χ3n) is 4.40. The maximum absolute atomic E-state index is 13.7. The number of rotatable bonds is 2. The number of fused-ring (bicyclic) bond motifs is 1. The van der Waals surface area contributed by atoms with Gasteiger partial charge in [0.15, 0.2) is 17.4 Å². The molecule has 2 aliphatic rings. The van der Waals surface area contributed by atoms with Crippen molar-refractivity contribution in [1.29, 1.82) is 0 Å². The Morgan fingerprint density at radius 1 is 1.21 bits per heavy atom. The maximum Gasteiger partial charge on any atom is 0.182 e. The quantitative estimate of drug-likeness (QED) is 0.833. The highest BCUT2D eigenvalue weighted by Crippen LogP contribution is 2.34. The van der Waals surface area contributed by atoms with Crippen molar-refractivity contribution < 1.29 is 13.6 Å². The van der Waals surface area contributed by atoms with Crippen LogP contribution >= 0.6 is 0 Å². The van der Waals surface area contributed by atoms with Gasteiger partial charge in [-0.25, -0.2) is 8.78 Å². The minimum atomic E-state index is -1.02. The Balaban J connectivity index is 1.79. The summed E-state index contributed by atoms with van der Waals surface area (Å²) in [7, 11) is 0. The summed E-state index contributed by atoms with van der Waals surface area (Å²) >= 11 is 0. The van der Waals surface area contributed by atoms with Crippen LogP contribution in [0.3, 0.4) is 0 Å². The van der Waals surface area contributed by atoms with Gasteiger partial charge in [0.2, 0.25) is 0 Å². The summed E-state index contributed by atoms with van der Waals surface area (Å²) in [6.07, 6.45) is 5.36. The zero-order valence-corrected chi connectivity index (χ0v) is 10.7. The van der Waals surface area contributed by atoms with Crippen LogP contribution in [0.15, 0.2) is 18.2 Å². The molecule has 2 fully saturated rings. The molecular weight excluding hydrogens is 248 g/mol. The first kappa shape index (κ1) is 12.7. The number of carbonyl (C=O) groups excluding carboxylic acids is 1. The van der Waals surface area contributed by atoms with Crippen molar-refractivity contribution in [3.63, 3.8) is 0 Å². The molecular formula is C15H17F2NO. The van der Waals surface area contributed by atoms with Gasteiger partial charge in [-0.3, -0.25) is 4.79 Å². The first-order chi connectivity index (χ1) is 9.16. The molecule has 1 saturated carbocycles. The summed E-state index contributed by atoms with van der Waals surface area (Å²) < 4.78 is 26.8. The molecule has 3 rings (SSSR count). The summed E-state index contributed by atoms with van der Waals surface area (Å²) in [6, 6.07) is 3.80. The van der Waals surface area contributed by atoms with Crippen molar-refractivity contribution >= 4 is 5.78 Å². The molecule has 0 bridgehead atoms. The second kappa shape index (κ2) is 5.00. The van der Waals surface area contributed by atoms with Gasteiger partial charge in [-0.05, 0) is 37.3 Å². The van der Waals surface area contributed by atoms with Crippen molar-refractivity contribution in [2.24, 2.45) is 5.92 Å². The molecule has 19 heavy (non-hydrogen) atoms. The number of benzene rings is 1. The molecule has 2 nitrogen and oxygen atoms in total. The smallest absolute Gasteiger partial charge is 0.182 e. The van der Waals surface area contributed by atoms with E-state index in [1.54, 1.807) is 0 Å². The first-order valence-corrected chi connectivity index (χ1v) is 6.91. The normalized spacial score (nSPS) is 30.1. The Bertz CT molecular complexity index is 489. The Morgan fingerprint density at radius 2 is 2.00 bits per heavy atom. The molecule has 0 spiro atoms. The molecule has 1 aliphatic heterocycles. The van der Waals surface area contributed by atoms with Gasteiger partial charge in [0.1, 0.15) is 0 Å². The van der Waals surface area contributed by atoms with E-state index in [4.69, 9.17) is 0 Å². The van der Waals surface area contributed by atoms with Crippen LogP contribution in [0, 0.1) is 17.6 Å². The standard InChI is InChI=1S/C15H17F2NO/c16-11-6-3-5-10(14(11)17)15(19)13-8-9-4-1-2-7-12(9)18-13/h3,5-6,9,12-13,18H,1-2,4,7-8H2. The minimum Gasteiger partial charge on any atom is -0.304 e. The van der Waals surface area contributed by atoms with Crippen LogP contribution in [0.5, 0.6) is 0 Å². The van der Waals surface area contributed by atoms with E-state index in [1.807, 2.05) is 0 Å². The lowest BCUT2D eigenvalue weighted by Gasteiger charge is -2.24. The average molecular weight is 265 g/mol. The summed E-state index contributed by atoms with van der Waals surface area (Å²) in [5.74, 6) is -1.78. The van der Waals surface area contributed by atoms with Crippen LogP contribution in [-0.2, 0) is 0 Å². The maximum atomic E-state index is 13.7. The predicted octanol–water partition coefficient (Wildman–Crippen LogP) is 3.07. The molecule has 1 heterocycles. The van der Waals surface area contributed by atoms with E-state index in [2.05, 4.69) is 5.32 Å². The first-order valence-electron chi connectivity index (χ1n) is 6.91. The molecule has 1 aromatic rings. The fourth-order valence-electron chi connectivity index (χ4n) is 3.40. The molecule has 1 aromatic carbocycles. The fourth-order valence-corrected chi connectivity index (χ4v) is 3.40. The lowest BCUT2D eigenvalue weighted by Crippen LogP contribution is -2.37. The summed E-state index contributed by atoms with van der Waals surface area (Å²) in [5, 5.41) is 3.30. The summed E-state index contributed by atoms with van der Waals surface area (Å²) in [6.45, 7) is 0. The fraction of sp³-hybridized carbons (Fsp3) is 0.533. The lowest BCUT2D eigenvalue weighted by molar-refractivity contribution is 0.0944. The van der Waals surface area contributed by atoms with Crippen LogP contribution < -0.4 is 5.32 Å². The topological polar surface area (TPSA) is 29.1 Å². The van der Waals surface area contributed by atoms with Gasteiger partial charge < -0.3 is 5.32 Å². The van der Waals surface area contributed by atoms with Crippen LogP contribution in [0.25, 0.3) is 0 Å². The van der Waals surface area contributed by atoms with Crippen molar-refractivity contribution in [2.45, 2.75) is 44.2 Å². The van der Waals surface area contributed by atoms with Gasteiger partial charge in [-0.15, -0.1) is 0 Å². The Kier molecular flexibility index (Phi) is 3.35. The highest BCUT2D eigenvalue weighted by molar-refractivity contribution is 6.00. The molecule has 1 saturated heterocycles. The zero-order chi connectivity index (χ0) is 13.4. The highest BCUT2D eigenvalue weighted by atomic mass is 19.2. The van der Waals surface area contributed by atoms with E-state index in [9.17, 15) is 13.6 Å². The molecule has 3 atom stereocenters. The Morgan fingerprint density at radius 3 is 2.79 bits per heavy atom. The third-order valence-corrected chi connectivity index (χ3v) is 4.40. The van der Waals surface area contributed by atoms with Crippen LogP contribution in [0.1, 0.15) is 42.5 Å². The van der Waals surface area contributed by atoms with Crippen molar-refractivity contribution in [3.8, 4) is 0 Å². The van der Waals surface area contributed by atoms with E-state index in [-0.39, 0.29) is 17.4 Å². The largest absolute Gasteiger partial charge is 0.304 e. The van der Waals surface area contributed by atoms with Crippen LogP contribution in [0.2, 0.25) is 0 Å². The second-order valence-electron chi connectivity index (χ2n) is 5.57. The number of Topliss-reactive ketones (excluding diaryl/α,β-unsaturated/α-hetero) is 1. The van der Waals surface area contributed by atoms with E-state index in [0.717, 1.165) is 25.3 Å². The number of nitrogens with one attached hydrogen (secondary N) is 1. The average Bonchev–Trinajstić information content (AvgIpc) is 2.85. The molecule has 1 aliphatic carbocycles. The third kappa shape index (κ3) is 2.29. The molecule has 0 radical (unpaired) electrons. The number of halogens is 2. The highest BCUT2D eigenvalue weighted by Gasteiger charge is 2.39. The summed E-state index contributed by atoms with van der Waals surface area (Å²) in [5.41, 5.74) is -0.129. The van der Waals surface area contributed by atoms with Crippen molar-refractivity contribution in [3.05, 3.63) is 35.4 Å². The molecule has 3 unspecified atom stereocenters. The predicted molar refractivity (Wildman–Crippen MR) is 68.0 cm³/mol. The van der Waals surface area contributed by atoms with Gasteiger partial charge in [-0.2, -0.15) is 0 Å². The van der Waals surface area contributed by atoms with Gasteiger partial charge in [0.05, 0.1) is 11.6 Å². The van der Waals surface area contributed by atoms with Crippen molar-refractivity contribution in [2.75, 3.05) is 0 Å². The summed E-state index contributed by atoms with van der Waals surface area (Å²) in [4.78, 5) is 12.3. The van der Waals surface area contributed by atoms with E-state index < -0.39 is 11.6 Å². The second-order valence-corrected chi connectivity index (χ2v) is 5.57. The van der Waals surface area contributed by atoms with E-state index in [0.29, 0.717) is 12.0 Å². The monoisotopic (exact) mass is 265 g/mol. The molecule has 1 N–H and O–H groups in total. The zero-order valence-electron chi connectivity index (χ0n) is 10.7. The lowest BCUT2D eigenvalue weighted by atomic mass is 9.84. The Hall–Kier alpha value is -1.29. The number of ketones is 1. The van der Waals surface area contributed by atoms with Gasteiger partial charge in [-0.1, -0.05) is 18.9 Å².